The molecule has 8 nitrogen and oxygen atoms in total. The Balaban J connectivity index is 1.87. The van der Waals surface area contributed by atoms with Crippen molar-refractivity contribution in [3.63, 3.8) is 0 Å². The fourth-order valence-electron chi connectivity index (χ4n) is 4.91. The van der Waals surface area contributed by atoms with Crippen molar-refractivity contribution in [3.05, 3.63) is 107 Å². The number of hydrogen-bond acceptors (Lipinski definition) is 4. The molecule has 0 bridgehead atoms. The van der Waals surface area contributed by atoms with Crippen molar-refractivity contribution in [2.75, 3.05) is 0 Å². The number of imidazole rings is 2. The van der Waals surface area contributed by atoms with Gasteiger partial charge in [0.25, 0.3) is 0 Å². The van der Waals surface area contributed by atoms with Gasteiger partial charge in [-0.2, -0.15) is 10.5 Å². The predicted octanol–water partition coefficient (Wildman–Crippen LogP) is 6.09. The fraction of sp³-hybridized carbons (Fsp3) is 0. The number of hydrogen-bond donors (Lipinski definition) is 0. The molecule has 0 aliphatic carbocycles. The number of fused-ring (bicyclic) bond motifs is 9. The zero-order valence-electron chi connectivity index (χ0n) is 19.2. The highest BCUT2D eigenvalue weighted by atomic mass is 15.3. The number of rotatable bonds is 1. The summed E-state index contributed by atoms with van der Waals surface area (Å²) in [5.41, 5.74) is 6.57. The summed E-state index contributed by atoms with van der Waals surface area (Å²) in [5.74, 6) is 1.17. The predicted molar refractivity (Wildman–Crippen MR) is 140 cm³/mol. The largest absolute Gasteiger partial charge is 0.277 e. The van der Waals surface area contributed by atoms with E-state index < -0.39 is 0 Å². The van der Waals surface area contributed by atoms with E-state index in [1.165, 1.54) is 0 Å². The molecule has 0 saturated heterocycles. The van der Waals surface area contributed by atoms with Gasteiger partial charge >= 0.3 is 0 Å². The van der Waals surface area contributed by atoms with Gasteiger partial charge in [0.05, 0.1) is 68.6 Å². The Labute approximate surface area is 209 Å². The van der Waals surface area contributed by atoms with Crippen LogP contribution in [-0.4, -0.2) is 23.3 Å². The first-order valence-electron chi connectivity index (χ1n) is 11.4. The molecule has 3 heterocycles. The zero-order chi connectivity index (χ0) is 25.1. The highest BCUT2D eigenvalue weighted by Gasteiger charge is 2.20. The van der Waals surface area contributed by atoms with E-state index in [2.05, 4.69) is 17.0 Å². The van der Waals surface area contributed by atoms with Crippen LogP contribution in [0.1, 0.15) is 11.1 Å². The zero-order valence-corrected chi connectivity index (χ0v) is 19.2. The third kappa shape index (κ3) is 2.80. The monoisotopic (exact) mass is 474 g/mol. The second-order valence-electron chi connectivity index (χ2n) is 8.55. The molecule has 0 aliphatic rings. The summed E-state index contributed by atoms with van der Waals surface area (Å²) >= 11 is 0. The Hall–Kier alpha value is -5.91. The molecule has 0 aliphatic heterocycles. The fourth-order valence-corrected chi connectivity index (χ4v) is 4.91. The van der Waals surface area contributed by atoms with E-state index in [9.17, 15) is 10.5 Å². The molecule has 0 unspecified atom stereocenters. The minimum atomic E-state index is 0.266. The van der Waals surface area contributed by atoms with Crippen LogP contribution in [0, 0.1) is 29.2 Å². The highest BCUT2D eigenvalue weighted by Crippen LogP contribution is 2.32. The molecule has 0 radical (unpaired) electrons. The minimum Gasteiger partial charge on any atom is -0.277 e. The Morgan fingerprint density at radius 1 is 0.676 bits per heavy atom. The van der Waals surface area contributed by atoms with Gasteiger partial charge in [0.2, 0.25) is 17.2 Å². The van der Waals surface area contributed by atoms with Crippen LogP contribution in [0.25, 0.3) is 55.2 Å². The summed E-state index contributed by atoms with van der Waals surface area (Å²) in [6.07, 6.45) is 0. The number of nitriles is 2. The Morgan fingerprint density at radius 3 is 1.78 bits per heavy atom. The van der Waals surface area contributed by atoms with E-state index in [-0.39, 0.29) is 11.3 Å². The van der Waals surface area contributed by atoms with Crippen molar-refractivity contribution in [3.8, 4) is 17.8 Å². The molecule has 7 rings (SSSR count). The van der Waals surface area contributed by atoms with E-state index >= 15 is 0 Å². The summed E-state index contributed by atoms with van der Waals surface area (Å²) in [7, 11) is 0. The third-order valence-corrected chi connectivity index (χ3v) is 6.56. The number of benzene rings is 4. The maximum absolute atomic E-state index is 9.87. The number of aromatic nitrogens is 5. The molecule has 170 valence electrons. The SMILES string of the molecule is [C-]#[N+]c1cc2c(cc1C#N)n1c3ccccc3nc1n(-c1ccc(C#N)cc1)c1nc3ccccc3n21. The van der Waals surface area contributed by atoms with Gasteiger partial charge in [-0.3, -0.25) is 8.80 Å². The first kappa shape index (κ1) is 20.5. The van der Waals surface area contributed by atoms with Gasteiger partial charge in [0, 0.05) is 0 Å². The smallest absolute Gasteiger partial charge is 0.223 e. The minimum absolute atomic E-state index is 0.266. The molecular weight excluding hydrogens is 460 g/mol. The van der Waals surface area contributed by atoms with Crippen LogP contribution >= 0.6 is 0 Å². The van der Waals surface area contributed by atoms with Crippen LogP contribution in [0.3, 0.4) is 0 Å². The quantitative estimate of drug-likeness (QED) is 0.269. The van der Waals surface area contributed by atoms with Gasteiger partial charge in [-0.1, -0.05) is 24.3 Å². The number of nitrogens with zero attached hydrogens (tertiary/aromatic N) is 8. The van der Waals surface area contributed by atoms with Crippen molar-refractivity contribution in [1.82, 2.24) is 23.3 Å². The first-order valence-corrected chi connectivity index (χ1v) is 11.4. The van der Waals surface area contributed by atoms with Crippen LogP contribution in [-0.2, 0) is 0 Å². The summed E-state index contributed by atoms with van der Waals surface area (Å²) in [6.45, 7) is 7.72. The summed E-state index contributed by atoms with van der Waals surface area (Å²) in [4.78, 5) is 13.7. The maximum atomic E-state index is 9.87. The Bertz CT molecular complexity index is 2090. The van der Waals surface area contributed by atoms with E-state index in [0.717, 1.165) is 27.8 Å². The van der Waals surface area contributed by atoms with Crippen molar-refractivity contribution >= 4 is 50.3 Å². The van der Waals surface area contributed by atoms with Crippen LogP contribution in [0.15, 0.2) is 84.9 Å². The summed E-state index contributed by atoms with van der Waals surface area (Å²) in [6, 6.07) is 30.7. The molecule has 0 saturated carbocycles. The normalized spacial score (nSPS) is 11.2. The second-order valence-corrected chi connectivity index (χ2v) is 8.55. The van der Waals surface area contributed by atoms with Gasteiger partial charge < -0.3 is 0 Å². The molecule has 3 aromatic heterocycles. The molecule has 8 heteroatoms. The lowest BCUT2D eigenvalue weighted by atomic mass is 10.1. The molecule has 4 aromatic carbocycles. The van der Waals surface area contributed by atoms with E-state index in [4.69, 9.17) is 16.5 Å². The maximum Gasteiger partial charge on any atom is 0.223 e. The molecular formula is C29H14N8. The highest BCUT2D eigenvalue weighted by molar-refractivity contribution is 5.95. The summed E-state index contributed by atoms with van der Waals surface area (Å²) in [5, 5.41) is 19.2. The lowest BCUT2D eigenvalue weighted by Crippen LogP contribution is -2.02. The van der Waals surface area contributed by atoms with Gasteiger partial charge in [0.15, 0.2) is 0 Å². The van der Waals surface area contributed by atoms with Gasteiger partial charge in [-0.15, -0.1) is 0 Å². The van der Waals surface area contributed by atoms with E-state index in [1.807, 2.05) is 74.0 Å². The summed E-state index contributed by atoms with van der Waals surface area (Å²) < 4.78 is 5.95. The number of para-hydroxylation sites is 4. The van der Waals surface area contributed by atoms with Crippen molar-refractivity contribution in [1.29, 1.82) is 10.5 Å². The molecule has 37 heavy (non-hydrogen) atoms. The van der Waals surface area contributed by atoms with Crippen LogP contribution in [0.4, 0.5) is 5.69 Å². The van der Waals surface area contributed by atoms with Crippen LogP contribution in [0.2, 0.25) is 0 Å². The van der Waals surface area contributed by atoms with Crippen molar-refractivity contribution in [2.45, 2.75) is 0 Å². The Morgan fingerprint density at radius 2 is 1.24 bits per heavy atom. The average Bonchev–Trinajstić information content (AvgIpc) is 3.48. The Kier molecular flexibility index (Phi) is 4.17. The molecule has 0 N–H and O–H groups in total. The van der Waals surface area contributed by atoms with Crippen molar-refractivity contribution in [2.24, 2.45) is 0 Å². The molecule has 7 aromatic rings. The lowest BCUT2D eigenvalue weighted by molar-refractivity contribution is 1.03. The van der Waals surface area contributed by atoms with Gasteiger partial charge in [-0.05, 0) is 60.7 Å². The van der Waals surface area contributed by atoms with E-state index in [1.54, 1.807) is 24.3 Å². The molecule has 0 spiro atoms. The topological polar surface area (TPSA) is 91.5 Å². The third-order valence-electron chi connectivity index (χ3n) is 6.56. The van der Waals surface area contributed by atoms with Gasteiger partial charge in [-0.25, -0.2) is 19.4 Å². The molecule has 0 atom stereocenters. The first-order chi connectivity index (χ1) is 18.2. The van der Waals surface area contributed by atoms with Crippen LogP contribution in [0.5, 0.6) is 0 Å². The second kappa shape index (κ2) is 7.55. The van der Waals surface area contributed by atoms with Gasteiger partial charge in [0.1, 0.15) is 0 Å². The molecule has 0 amide bonds. The average molecular weight is 474 g/mol. The van der Waals surface area contributed by atoms with Crippen LogP contribution < -0.4 is 0 Å². The van der Waals surface area contributed by atoms with E-state index in [0.29, 0.717) is 28.2 Å². The lowest BCUT2D eigenvalue weighted by Gasteiger charge is -2.07. The standard InChI is InChI=1S/C29H14N8/c1-32-23-15-27-26(14-19(23)17-31)36-24-8-4-2-6-21(24)33-28(36)35(20-12-10-18(16-30)11-13-20)29-34-22-7-3-5-9-25(22)37(27)29/h2-15H. The van der Waals surface area contributed by atoms with Crippen molar-refractivity contribution < 1.29 is 0 Å². The molecule has 0 fully saturated rings.